The lowest BCUT2D eigenvalue weighted by atomic mass is 10.1. The zero-order valence-corrected chi connectivity index (χ0v) is 27.6. The number of hydrogen-bond donors (Lipinski definition) is 1. The van der Waals surface area contributed by atoms with Crippen molar-refractivity contribution >= 4 is 42.1 Å². The first-order valence-corrected chi connectivity index (χ1v) is 15.4. The molecule has 0 radical (unpaired) electrons. The smallest absolute Gasteiger partial charge is 0.246 e. The van der Waals surface area contributed by atoms with E-state index in [0.29, 0.717) is 47.7 Å². The number of aromatic nitrogens is 1. The molecule has 0 saturated carbocycles. The van der Waals surface area contributed by atoms with Gasteiger partial charge in [-0.1, -0.05) is 60.2 Å². The van der Waals surface area contributed by atoms with E-state index in [1.807, 2.05) is 48.2 Å². The molecular formula is C37H36Cl2N4O4. The van der Waals surface area contributed by atoms with Gasteiger partial charge in [0.15, 0.2) is 5.75 Å². The Morgan fingerprint density at radius 3 is 2.34 bits per heavy atom. The summed E-state index contributed by atoms with van der Waals surface area (Å²) in [4.78, 5) is 21.5. The maximum Gasteiger partial charge on any atom is 0.246 e. The third kappa shape index (κ3) is 10.2. The standard InChI is InChI=1S/C37H35ClN4O4.ClH/c1-27-21-32(12-15-36(44)42-18-16-41(17-19-42)25-30-8-4-28(5-9-30)3-2-20-43)22-34(38)37(27)46-35-14-13-33(24-40-35)45-26-31-10-6-29(23-39)7-11-31;/h2-15,21-22,24,43H,16-20,25-26H2,1H3;1H. The summed E-state index contributed by atoms with van der Waals surface area (Å²) in [5, 5.41) is 18.3. The summed E-state index contributed by atoms with van der Waals surface area (Å²) in [5.41, 5.74) is 5.45. The molecule has 0 unspecified atom stereocenters. The first kappa shape index (κ1) is 35.2. The predicted octanol–water partition coefficient (Wildman–Crippen LogP) is 7.07. The molecule has 0 bridgehead atoms. The van der Waals surface area contributed by atoms with Gasteiger partial charge in [0.25, 0.3) is 0 Å². The molecule has 1 aliphatic rings. The molecule has 3 aromatic carbocycles. The number of hydrogen-bond acceptors (Lipinski definition) is 7. The minimum absolute atomic E-state index is 0. The van der Waals surface area contributed by atoms with Gasteiger partial charge in [0.2, 0.25) is 11.8 Å². The molecule has 0 atom stereocenters. The molecule has 10 heteroatoms. The van der Waals surface area contributed by atoms with Gasteiger partial charge in [-0.15, -0.1) is 12.4 Å². The number of aryl methyl sites for hydroxylation is 1. The molecule has 1 saturated heterocycles. The fourth-order valence-electron chi connectivity index (χ4n) is 5.02. The lowest BCUT2D eigenvalue weighted by Crippen LogP contribution is -2.47. The second-order valence-electron chi connectivity index (χ2n) is 10.9. The molecule has 0 spiro atoms. The van der Waals surface area contributed by atoms with Crippen molar-refractivity contribution in [2.75, 3.05) is 32.8 Å². The number of piperazine rings is 1. The largest absolute Gasteiger partial charge is 0.487 e. The lowest BCUT2D eigenvalue weighted by molar-refractivity contribution is -0.127. The van der Waals surface area contributed by atoms with Gasteiger partial charge in [0.05, 0.1) is 29.5 Å². The molecule has 1 aromatic heterocycles. The first-order valence-electron chi connectivity index (χ1n) is 15.0. The van der Waals surface area contributed by atoms with E-state index in [1.54, 1.807) is 54.8 Å². The predicted molar refractivity (Wildman–Crippen MR) is 187 cm³/mol. The van der Waals surface area contributed by atoms with E-state index in [1.165, 1.54) is 5.56 Å². The number of carbonyl (C=O) groups excluding carboxylic acids is 1. The summed E-state index contributed by atoms with van der Waals surface area (Å²) in [6, 6.07) is 24.8. The Morgan fingerprint density at radius 2 is 1.70 bits per heavy atom. The van der Waals surface area contributed by atoms with E-state index in [0.717, 1.165) is 41.9 Å². The van der Waals surface area contributed by atoms with Crippen LogP contribution in [0.4, 0.5) is 0 Å². The zero-order valence-electron chi connectivity index (χ0n) is 26.0. The Labute approximate surface area is 286 Å². The maximum absolute atomic E-state index is 12.9. The number of pyridine rings is 1. The molecule has 1 amide bonds. The molecular weight excluding hydrogens is 635 g/mol. The fourth-order valence-corrected chi connectivity index (χ4v) is 5.34. The van der Waals surface area contributed by atoms with Crippen molar-refractivity contribution in [3.63, 3.8) is 0 Å². The van der Waals surface area contributed by atoms with E-state index >= 15 is 0 Å². The van der Waals surface area contributed by atoms with E-state index in [4.69, 9.17) is 31.4 Å². The molecule has 1 fully saturated rings. The highest BCUT2D eigenvalue weighted by Crippen LogP contribution is 2.34. The SMILES string of the molecule is Cc1cc(C=CC(=O)N2CCN(Cc3ccc(C=CCO)cc3)CC2)cc(Cl)c1Oc1ccc(OCc2ccc(C#N)cc2)cn1.Cl. The maximum atomic E-state index is 12.9. The Hall–Kier alpha value is -4.65. The van der Waals surface area contributed by atoms with Gasteiger partial charge in [-0.05, 0) is 71.1 Å². The number of carbonyl (C=O) groups is 1. The van der Waals surface area contributed by atoms with Gasteiger partial charge in [0.1, 0.15) is 12.4 Å². The Balaban J connectivity index is 0.00000500. The summed E-state index contributed by atoms with van der Waals surface area (Å²) in [5.74, 6) is 1.43. The van der Waals surface area contributed by atoms with Crippen LogP contribution in [-0.4, -0.2) is 58.6 Å². The van der Waals surface area contributed by atoms with Gasteiger partial charge >= 0.3 is 0 Å². The third-order valence-electron chi connectivity index (χ3n) is 7.56. The van der Waals surface area contributed by atoms with Crippen molar-refractivity contribution in [1.82, 2.24) is 14.8 Å². The number of rotatable bonds is 11. The second-order valence-corrected chi connectivity index (χ2v) is 11.3. The topological polar surface area (TPSA) is 98.9 Å². The van der Waals surface area contributed by atoms with Gasteiger partial charge in [-0.3, -0.25) is 9.69 Å². The number of nitriles is 1. The summed E-state index contributed by atoms with van der Waals surface area (Å²) in [7, 11) is 0. The van der Waals surface area contributed by atoms with Gasteiger partial charge in [0, 0.05) is 44.9 Å². The number of benzene rings is 3. The Morgan fingerprint density at radius 1 is 0.979 bits per heavy atom. The average molecular weight is 672 g/mol. The van der Waals surface area contributed by atoms with E-state index in [2.05, 4.69) is 28.1 Å². The van der Waals surface area contributed by atoms with Gasteiger partial charge < -0.3 is 19.5 Å². The van der Waals surface area contributed by atoms with Crippen molar-refractivity contribution < 1.29 is 19.4 Å². The highest BCUT2D eigenvalue weighted by atomic mass is 35.5. The number of aliphatic hydroxyl groups excluding tert-OH is 1. The minimum Gasteiger partial charge on any atom is -0.487 e. The molecule has 5 rings (SSSR count). The van der Waals surface area contributed by atoms with Crippen LogP contribution in [0.25, 0.3) is 12.2 Å². The Kier molecular flexibility index (Phi) is 13.0. The molecule has 0 aliphatic carbocycles. The summed E-state index contributed by atoms with van der Waals surface area (Å²) in [6.45, 7) is 6.06. The number of aliphatic hydroxyl groups is 1. The van der Waals surface area contributed by atoms with Gasteiger partial charge in [-0.25, -0.2) is 4.98 Å². The average Bonchev–Trinajstić information content (AvgIpc) is 3.08. The third-order valence-corrected chi connectivity index (χ3v) is 7.84. The monoisotopic (exact) mass is 670 g/mol. The highest BCUT2D eigenvalue weighted by Gasteiger charge is 2.20. The minimum atomic E-state index is -0.0283. The van der Waals surface area contributed by atoms with Crippen molar-refractivity contribution in [1.29, 1.82) is 5.26 Å². The van der Waals surface area contributed by atoms with Crippen molar-refractivity contribution in [3.8, 4) is 23.4 Å². The quantitative estimate of drug-likeness (QED) is 0.170. The van der Waals surface area contributed by atoms with E-state index in [-0.39, 0.29) is 24.9 Å². The first-order chi connectivity index (χ1) is 22.4. The van der Waals surface area contributed by atoms with E-state index < -0.39 is 0 Å². The number of nitrogens with zero attached hydrogens (tertiary/aromatic N) is 4. The number of halogens is 2. The van der Waals surface area contributed by atoms with Crippen LogP contribution < -0.4 is 9.47 Å². The molecule has 1 N–H and O–H groups in total. The van der Waals surface area contributed by atoms with Crippen LogP contribution in [0.1, 0.15) is 33.4 Å². The van der Waals surface area contributed by atoms with Crippen LogP contribution in [0.15, 0.2) is 91.1 Å². The zero-order chi connectivity index (χ0) is 32.3. The molecule has 8 nitrogen and oxygen atoms in total. The molecule has 242 valence electrons. The van der Waals surface area contributed by atoms with Crippen molar-refractivity contribution in [2.45, 2.75) is 20.1 Å². The van der Waals surface area contributed by atoms with Crippen molar-refractivity contribution in [2.24, 2.45) is 0 Å². The molecule has 1 aliphatic heterocycles. The number of ether oxygens (including phenoxy) is 2. The lowest BCUT2D eigenvalue weighted by Gasteiger charge is -2.34. The fraction of sp³-hybridized carbons (Fsp3) is 0.216. The van der Waals surface area contributed by atoms with Crippen LogP contribution in [0.5, 0.6) is 17.4 Å². The summed E-state index contributed by atoms with van der Waals surface area (Å²) < 4.78 is 11.8. The van der Waals surface area contributed by atoms with E-state index in [9.17, 15) is 4.79 Å². The molecule has 4 aromatic rings. The molecule has 2 heterocycles. The van der Waals surface area contributed by atoms with Crippen LogP contribution in [-0.2, 0) is 17.9 Å². The van der Waals surface area contributed by atoms with Gasteiger partial charge in [-0.2, -0.15) is 5.26 Å². The molecule has 47 heavy (non-hydrogen) atoms. The van der Waals surface area contributed by atoms with Crippen LogP contribution >= 0.6 is 24.0 Å². The second kappa shape index (κ2) is 17.3. The Bertz CT molecular complexity index is 1700. The number of amides is 1. The van der Waals surface area contributed by atoms with Crippen LogP contribution in [0.3, 0.4) is 0 Å². The van der Waals surface area contributed by atoms with Crippen LogP contribution in [0, 0.1) is 18.3 Å². The highest BCUT2D eigenvalue weighted by molar-refractivity contribution is 6.32. The summed E-state index contributed by atoms with van der Waals surface area (Å²) in [6.07, 6.45) is 8.58. The van der Waals surface area contributed by atoms with Crippen LogP contribution in [0.2, 0.25) is 5.02 Å². The summed E-state index contributed by atoms with van der Waals surface area (Å²) >= 11 is 6.59. The van der Waals surface area contributed by atoms with Crippen molar-refractivity contribution in [3.05, 3.63) is 130 Å². The normalized spacial score (nSPS) is 13.4.